The van der Waals surface area contributed by atoms with Crippen molar-refractivity contribution < 1.29 is 4.74 Å². The van der Waals surface area contributed by atoms with Crippen molar-refractivity contribution in [2.45, 2.75) is 45.6 Å². The molecule has 0 aliphatic carbocycles. The molecule has 0 radical (unpaired) electrons. The molecule has 1 atom stereocenters. The van der Waals surface area contributed by atoms with Crippen LogP contribution >= 0.6 is 11.6 Å². The van der Waals surface area contributed by atoms with Gasteiger partial charge < -0.3 is 10.5 Å². The molecule has 0 aromatic heterocycles. The predicted octanol–water partition coefficient (Wildman–Crippen LogP) is 4.56. The lowest BCUT2D eigenvalue weighted by Gasteiger charge is -2.24. The average Bonchev–Trinajstić information content (AvgIpc) is 2.37. The molecule has 102 valence electrons. The van der Waals surface area contributed by atoms with Crippen LogP contribution in [-0.2, 0) is 0 Å². The molecule has 1 rings (SSSR count). The van der Waals surface area contributed by atoms with E-state index in [-0.39, 0.29) is 6.04 Å². The van der Waals surface area contributed by atoms with Gasteiger partial charge in [-0.3, -0.25) is 0 Å². The van der Waals surface area contributed by atoms with E-state index < -0.39 is 0 Å². The van der Waals surface area contributed by atoms with Crippen LogP contribution in [-0.4, -0.2) is 7.11 Å². The minimum absolute atomic E-state index is 0.0170. The van der Waals surface area contributed by atoms with Gasteiger partial charge in [0.1, 0.15) is 5.75 Å². The average molecular weight is 270 g/mol. The largest absolute Gasteiger partial charge is 0.497 e. The standard InChI is InChI=1S/C15H24ClNO/c1-4-6-11(7-5-2)15(17)13-9-8-12(18-3)10-14(13)16/h8-11,15H,4-7,17H2,1-3H3. The second kappa shape index (κ2) is 7.65. The molecule has 18 heavy (non-hydrogen) atoms. The van der Waals surface area contributed by atoms with Crippen LogP contribution in [0.4, 0.5) is 0 Å². The normalized spacial score (nSPS) is 12.8. The quantitative estimate of drug-likeness (QED) is 0.787. The minimum atomic E-state index is 0.0170. The molecule has 0 heterocycles. The van der Waals surface area contributed by atoms with Crippen molar-refractivity contribution in [2.24, 2.45) is 11.7 Å². The highest BCUT2D eigenvalue weighted by atomic mass is 35.5. The summed E-state index contributed by atoms with van der Waals surface area (Å²) in [5.41, 5.74) is 7.41. The van der Waals surface area contributed by atoms with Crippen LogP contribution in [0, 0.1) is 5.92 Å². The second-order valence-corrected chi connectivity index (χ2v) is 5.16. The Kier molecular flexibility index (Phi) is 6.51. The van der Waals surface area contributed by atoms with Crippen LogP contribution in [0.1, 0.15) is 51.1 Å². The van der Waals surface area contributed by atoms with E-state index >= 15 is 0 Å². The van der Waals surface area contributed by atoms with Gasteiger partial charge in [-0.2, -0.15) is 0 Å². The maximum absolute atomic E-state index is 6.38. The summed E-state index contributed by atoms with van der Waals surface area (Å²) >= 11 is 6.29. The molecule has 0 aliphatic rings. The third kappa shape index (κ3) is 3.89. The third-order valence-corrected chi connectivity index (χ3v) is 3.72. The van der Waals surface area contributed by atoms with Gasteiger partial charge in [0.15, 0.2) is 0 Å². The lowest BCUT2D eigenvalue weighted by molar-refractivity contribution is 0.368. The first-order valence-electron chi connectivity index (χ1n) is 6.73. The summed E-state index contributed by atoms with van der Waals surface area (Å²) in [5.74, 6) is 1.28. The van der Waals surface area contributed by atoms with Crippen molar-refractivity contribution in [2.75, 3.05) is 7.11 Å². The van der Waals surface area contributed by atoms with Gasteiger partial charge in [0, 0.05) is 11.1 Å². The van der Waals surface area contributed by atoms with Crippen molar-refractivity contribution in [3.05, 3.63) is 28.8 Å². The van der Waals surface area contributed by atoms with E-state index in [1.165, 1.54) is 0 Å². The van der Waals surface area contributed by atoms with Crippen LogP contribution in [0.5, 0.6) is 5.75 Å². The number of benzene rings is 1. The number of methoxy groups -OCH3 is 1. The van der Waals surface area contributed by atoms with Crippen LogP contribution < -0.4 is 10.5 Å². The number of hydrogen-bond donors (Lipinski definition) is 1. The molecule has 0 saturated carbocycles. The molecule has 0 amide bonds. The Morgan fingerprint density at radius 3 is 2.28 bits per heavy atom. The van der Waals surface area contributed by atoms with E-state index in [1.54, 1.807) is 7.11 Å². The van der Waals surface area contributed by atoms with Crippen molar-refractivity contribution >= 4 is 11.6 Å². The molecule has 1 unspecified atom stereocenters. The van der Waals surface area contributed by atoms with Gasteiger partial charge in [-0.15, -0.1) is 0 Å². The highest BCUT2D eigenvalue weighted by Crippen LogP contribution is 2.33. The van der Waals surface area contributed by atoms with Gasteiger partial charge in [0.2, 0.25) is 0 Å². The molecule has 3 heteroatoms. The number of rotatable bonds is 7. The summed E-state index contributed by atoms with van der Waals surface area (Å²) < 4.78 is 5.16. The molecule has 2 nitrogen and oxygen atoms in total. The first kappa shape index (κ1) is 15.3. The van der Waals surface area contributed by atoms with Crippen LogP contribution in [0.2, 0.25) is 5.02 Å². The molecule has 0 bridgehead atoms. The Balaban J connectivity index is 2.89. The molecule has 0 saturated heterocycles. The Labute approximate surface area is 115 Å². The van der Waals surface area contributed by atoms with Crippen molar-refractivity contribution in [3.8, 4) is 5.75 Å². The summed E-state index contributed by atoms with van der Waals surface area (Å²) in [6, 6.07) is 5.77. The fourth-order valence-corrected chi connectivity index (χ4v) is 2.70. The molecule has 1 aromatic carbocycles. The zero-order valence-electron chi connectivity index (χ0n) is 11.6. The van der Waals surface area contributed by atoms with E-state index in [1.807, 2.05) is 18.2 Å². The van der Waals surface area contributed by atoms with Crippen molar-refractivity contribution in [1.29, 1.82) is 0 Å². The highest BCUT2D eigenvalue weighted by molar-refractivity contribution is 6.31. The Hall–Kier alpha value is -0.730. The number of nitrogens with two attached hydrogens (primary N) is 1. The minimum Gasteiger partial charge on any atom is -0.497 e. The van der Waals surface area contributed by atoms with E-state index in [0.29, 0.717) is 10.9 Å². The monoisotopic (exact) mass is 269 g/mol. The Morgan fingerprint density at radius 1 is 1.22 bits per heavy atom. The topological polar surface area (TPSA) is 35.2 Å². The van der Waals surface area contributed by atoms with Gasteiger partial charge in [0.25, 0.3) is 0 Å². The number of ether oxygens (including phenoxy) is 1. The zero-order valence-corrected chi connectivity index (χ0v) is 12.3. The number of hydrogen-bond acceptors (Lipinski definition) is 2. The summed E-state index contributed by atoms with van der Waals surface area (Å²) in [7, 11) is 1.64. The predicted molar refractivity (Wildman–Crippen MR) is 78.2 cm³/mol. The first-order valence-corrected chi connectivity index (χ1v) is 7.10. The molecule has 0 spiro atoms. The summed E-state index contributed by atoms with van der Waals surface area (Å²) in [6.45, 7) is 4.40. The molecule has 1 aromatic rings. The van der Waals surface area contributed by atoms with Crippen molar-refractivity contribution in [3.63, 3.8) is 0 Å². The lowest BCUT2D eigenvalue weighted by Crippen LogP contribution is -2.21. The van der Waals surface area contributed by atoms with E-state index in [2.05, 4.69) is 13.8 Å². The fraction of sp³-hybridized carbons (Fsp3) is 0.600. The molecule has 0 aliphatic heterocycles. The molecule has 0 fully saturated rings. The van der Waals surface area contributed by atoms with Gasteiger partial charge in [-0.1, -0.05) is 44.4 Å². The maximum Gasteiger partial charge on any atom is 0.120 e. The van der Waals surface area contributed by atoms with Gasteiger partial charge in [-0.25, -0.2) is 0 Å². The lowest BCUT2D eigenvalue weighted by atomic mass is 9.87. The van der Waals surface area contributed by atoms with Crippen LogP contribution in [0.3, 0.4) is 0 Å². The highest BCUT2D eigenvalue weighted by Gasteiger charge is 2.20. The van der Waals surface area contributed by atoms with E-state index in [0.717, 1.165) is 37.0 Å². The van der Waals surface area contributed by atoms with Gasteiger partial charge in [-0.05, 0) is 36.5 Å². The van der Waals surface area contributed by atoms with Gasteiger partial charge >= 0.3 is 0 Å². The Morgan fingerprint density at radius 2 is 1.83 bits per heavy atom. The second-order valence-electron chi connectivity index (χ2n) is 4.75. The van der Waals surface area contributed by atoms with E-state index in [9.17, 15) is 0 Å². The van der Waals surface area contributed by atoms with Gasteiger partial charge in [0.05, 0.1) is 7.11 Å². The summed E-state index contributed by atoms with van der Waals surface area (Å²) in [5, 5.41) is 0.707. The van der Waals surface area contributed by atoms with Crippen molar-refractivity contribution in [1.82, 2.24) is 0 Å². The smallest absolute Gasteiger partial charge is 0.120 e. The fourth-order valence-electron chi connectivity index (χ4n) is 2.40. The first-order chi connectivity index (χ1) is 8.63. The molecular weight excluding hydrogens is 246 g/mol. The number of halogens is 1. The zero-order chi connectivity index (χ0) is 13.5. The van der Waals surface area contributed by atoms with Crippen LogP contribution in [0.25, 0.3) is 0 Å². The van der Waals surface area contributed by atoms with E-state index in [4.69, 9.17) is 22.1 Å². The summed E-state index contributed by atoms with van der Waals surface area (Å²) in [6.07, 6.45) is 4.62. The van der Waals surface area contributed by atoms with Crippen LogP contribution in [0.15, 0.2) is 18.2 Å². The third-order valence-electron chi connectivity index (χ3n) is 3.39. The SMILES string of the molecule is CCCC(CCC)C(N)c1ccc(OC)cc1Cl. The molecular formula is C15H24ClNO. The summed E-state index contributed by atoms with van der Waals surface area (Å²) in [4.78, 5) is 0. The molecule has 2 N–H and O–H groups in total. The maximum atomic E-state index is 6.38. The Bertz CT molecular complexity index is 362.